The summed E-state index contributed by atoms with van der Waals surface area (Å²) in [7, 11) is -1.00. The van der Waals surface area contributed by atoms with Gasteiger partial charge in [0, 0.05) is 33.1 Å². The number of hydrogen-bond acceptors (Lipinski definition) is 2. The van der Waals surface area contributed by atoms with Gasteiger partial charge in [0.2, 0.25) is 0 Å². The summed E-state index contributed by atoms with van der Waals surface area (Å²) in [6.07, 6.45) is 1.62. The number of rotatable bonds is 2. The first-order chi connectivity index (χ1) is 7.29. The Labute approximate surface area is 98.7 Å². The van der Waals surface area contributed by atoms with Gasteiger partial charge in [0.25, 0.3) is 5.91 Å². The van der Waals surface area contributed by atoms with Crippen LogP contribution in [-0.2, 0) is 10.8 Å². The van der Waals surface area contributed by atoms with E-state index in [1.807, 2.05) is 20.8 Å². The van der Waals surface area contributed by atoms with Gasteiger partial charge in [-0.2, -0.15) is 0 Å². The largest absolute Gasteiger partial charge is 0.347 e. The fourth-order valence-electron chi connectivity index (χ4n) is 1.21. The van der Waals surface area contributed by atoms with Gasteiger partial charge < -0.3 is 5.32 Å². The van der Waals surface area contributed by atoms with Gasteiger partial charge in [-0.15, -0.1) is 0 Å². The van der Waals surface area contributed by atoms with E-state index in [9.17, 15) is 9.00 Å². The lowest BCUT2D eigenvalue weighted by atomic mass is 10.1. The summed E-state index contributed by atoms with van der Waals surface area (Å²) >= 11 is 0. The molecule has 0 spiro atoms. The summed E-state index contributed by atoms with van der Waals surface area (Å²) in [6.45, 7) is 5.79. The van der Waals surface area contributed by atoms with Crippen LogP contribution < -0.4 is 5.32 Å². The molecule has 1 N–H and O–H groups in total. The van der Waals surface area contributed by atoms with Crippen molar-refractivity contribution in [1.29, 1.82) is 0 Å². The smallest absolute Gasteiger partial charge is 0.251 e. The molecular weight excluding hydrogens is 222 g/mol. The lowest BCUT2D eigenvalue weighted by Gasteiger charge is -2.20. The van der Waals surface area contributed by atoms with Crippen LogP contribution in [0, 0.1) is 0 Å². The zero-order valence-corrected chi connectivity index (χ0v) is 10.9. The van der Waals surface area contributed by atoms with E-state index in [4.69, 9.17) is 0 Å². The topological polar surface area (TPSA) is 46.2 Å². The van der Waals surface area contributed by atoms with Crippen molar-refractivity contribution in [2.45, 2.75) is 31.2 Å². The summed E-state index contributed by atoms with van der Waals surface area (Å²) in [5, 5.41) is 2.87. The molecule has 0 saturated heterocycles. The van der Waals surface area contributed by atoms with Crippen LogP contribution in [0.15, 0.2) is 29.2 Å². The molecule has 4 heteroatoms. The maximum atomic E-state index is 11.8. The van der Waals surface area contributed by atoms with Gasteiger partial charge in [0.1, 0.15) is 0 Å². The highest BCUT2D eigenvalue weighted by atomic mass is 32.2. The fraction of sp³-hybridized carbons (Fsp3) is 0.417. The van der Waals surface area contributed by atoms with E-state index < -0.39 is 10.8 Å². The van der Waals surface area contributed by atoms with Crippen molar-refractivity contribution in [3.8, 4) is 0 Å². The first kappa shape index (κ1) is 12.9. The maximum absolute atomic E-state index is 11.8. The van der Waals surface area contributed by atoms with Crippen molar-refractivity contribution in [3.05, 3.63) is 29.8 Å². The molecule has 1 amide bonds. The SMILES string of the molecule is C[S@@](=O)c1ccc(C(=O)NC(C)(C)C)cc1. The maximum Gasteiger partial charge on any atom is 0.251 e. The van der Waals surface area contributed by atoms with Crippen LogP contribution in [0.2, 0.25) is 0 Å². The molecule has 0 aliphatic carbocycles. The molecule has 0 fully saturated rings. The van der Waals surface area contributed by atoms with Crippen molar-refractivity contribution < 1.29 is 9.00 Å². The van der Waals surface area contributed by atoms with Crippen LogP contribution >= 0.6 is 0 Å². The third-order valence-electron chi connectivity index (χ3n) is 1.94. The third-order valence-corrected chi connectivity index (χ3v) is 2.87. The third kappa shape index (κ3) is 3.77. The van der Waals surface area contributed by atoms with Gasteiger partial charge in [0.15, 0.2) is 0 Å². The summed E-state index contributed by atoms with van der Waals surface area (Å²) in [5.41, 5.74) is 0.340. The van der Waals surface area contributed by atoms with Gasteiger partial charge in [-0.3, -0.25) is 9.00 Å². The lowest BCUT2D eigenvalue weighted by molar-refractivity contribution is 0.0919. The zero-order valence-electron chi connectivity index (χ0n) is 10.0. The van der Waals surface area contributed by atoms with E-state index in [0.717, 1.165) is 4.90 Å². The Kier molecular flexibility index (Phi) is 3.86. The number of carbonyl (C=O) groups excluding carboxylic acids is 1. The highest BCUT2D eigenvalue weighted by Gasteiger charge is 2.15. The monoisotopic (exact) mass is 239 g/mol. The number of benzene rings is 1. The van der Waals surface area contributed by atoms with Crippen LogP contribution in [0.5, 0.6) is 0 Å². The molecule has 1 atom stereocenters. The molecule has 0 aliphatic rings. The molecule has 16 heavy (non-hydrogen) atoms. The molecule has 1 rings (SSSR count). The summed E-state index contributed by atoms with van der Waals surface area (Å²) in [4.78, 5) is 12.5. The van der Waals surface area contributed by atoms with Crippen LogP contribution in [-0.4, -0.2) is 21.9 Å². The molecule has 0 heterocycles. The van der Waals surface area contributed by atoms with E-state index >= 15 is 0 Å². The molecule has 1 aromatic carbocycles. The number of carbonyl (C=O) groups is 1. The average Bonchev–Trinajstić information content (AvgIpc) is 2.15. The Bertz CT molecular complexity index is 404. The van der Waals surface area contributed by atoms with E-state index in [1.165, 1.54) is 0 Å². The van der Waals surface area contributed by atoms with Crippen LogP contribution in [0.4, 0.5) is 0 Å². The van der Waals surface area contributed by atoms with E-state index in [2.05, 4.69) is 5.32 Å². The fourth-order valence-corrected chi connectivity index (χ4v) is 1.73. The standard InChI is InChI=1S/C12H17NO2S/c1-12(2,3)13-11(14)9-5-7-10(8-6-9)16(4)15/h5-8H,1-4H3,(H,13,14)/t16-/m1/s1. The molecular formula is C12H17NO2S. The van der Waals surface area contributed by atoms with Crippen molar-refractivity contribution >= 4 is 16.7 Å². The Morgan fingerprint density at radius 2 is 1.69 bits per heavy atom. The lowest BCUT2D eigenvalue weighted by Crippen LogP contribution is -2.40. The van der Waals surface area contributed by atoms with Gasteiger partial charge in [-0.1, -0.05) is 0 Å². The summed E-state index contributed by atoms with van der Waals surface area (Å²) < 4.78 is 11.2. The summed E-state index contributed by atoms with van der Waals surface area (Å²) in [6, 6.07) is 6.82. The van der Waals surface area contributed by atoms with E-state index in [0.29, 0.717) is 5.56 Å². The Morgan fingerprint density at radius 3 is 2.06 bits per heavy atom. The molecule has 0 unspecified atom stereocenters. The Balaban J connectivity index is 2.82. The molecule has 88 valence electrons. The van der Waals surface area contributed by atoms with Crippen LogP contribution in [0.25, 0.3) is 0 Å². The highest BCUT2D eigenvalue weighted by molar-refractivity contribution is 7.84. The number of nitrogens with one attached hydrogen (secondary N) is 1. The van der Waals surface area contributed by atoms with E-state index in [-0.39, 0.29) is 11.4 Å². The van der Waals surface area contributed by atoms with Gasteiger partial charge >= 0.3 is 0 Å². The highest BCUT2D eigenvalue weighted by Crippen LogP contribution is 2.09. The van der Waals surface area contributed by atoms with Crippen molar-refractivity contribution in [2.24, 2.45) is 0 Å². The Morgan fingerprint density at radius 1 is 1.19 bits per heavy atom. The molecule has 0 radical (unpaired) electrons. The van der Waals surface area contributed by atoms with Crippen LogP contribution in [0.1, 0.15) is 31.1 Å². The molecule has 3 nitrogen and oxygen atoms in total. The molecule has 1 aromatic rings. The Hall–Kier alpha value is -1.16. The second kappa shape index (κ2) is 4.78. The average molecular weight is 239 g/mol. The van der Waals surface area contributed by atoms with Crippen molar-refractivity contribution in [3.63, 3.8) is 0 Å². The predicted molar refractivity (Wildman–Crippen MR) is 66.0 cm³/mol. The normalized spacial score (nSPS) is 13.2. The predicted octanol–water partition coefficient (Wildman–Crippen LogP) is 1.95. The minimum absolute atomic E-state index is 0.110. The summed E-state index contributed by atoms with van der Waals surface area (Å²) in [5.74, 6) is -0.110. The molecule has 0 aromatic heterocycles. The second-order valence-corrected chi connectivity index (χ2v) is 6.06. The molecule has 0 aliphatic heterocycles. The van der Waals surface area contributed by atoms with Gasteiger partial charge in [0.05, 0.1) is 0 Å². The number of hydrogen-bond donors (Lipinski definition) is 1. The van der Waals surface area contributed by atoms with Crippen molar-refractivity contribution in [1.82, 2.24) is 5.32 Å². The van der Waals surface area contributed by atoms with Crippen molar-refractivity contribution in [2.75, 3.05) is 6.26 Å². The number of amides is 1. The quantitative estimate of drug-likeness (QED) is 0.857. The van der Waals surface area contributed by atoms with Gasteiger partial charge in [-0.05, 0) is 45.0 Å². The zero-order chi connectivity index (χ0) is 12.3. The first-order valence-electron chi connectivity index (χ1n) is 5.05. The van der Waals surface area contributed by atoms with Gasteiger partial charge in [-0.25, -0.2) is 0 Å². The second-order valence-electron chi connectivity index (χ2n) is 4.68. The van der Waals surface area contributed by atoms with Crippen LogP contribution in [0.3, 0.4) is 0 Å². The molecule has 0 saturated carbocycles. The van der Waals surface area contributed by atoms with E-state index in [1.54, 1.807) is 30.5 Å². The first-order valence-corrected chi connectivity index (χ1v) is 6.61. The minimum atomic E-state index is -1.00. The molecule has 0 bridgehead atoms. The minimum Gasteiger partial charge on any atom is -0.347 e.